The SMILES string of the molecule is COc1ccc(S(=O)(=O)N(C)C)cc1CCC(=O)N[C@@H](C)c1ccc(C(C)(C)C)cc1. The van der Waals surface area contributed by atoms with Crippen LogP contribution in [-0.2, 0) is 26.7 Å². The van der Waals surface area contributed by atoms with Crippen LogP contribution in [0.15, 0.2) is 47.4 Å². The van der Waals surface area contributed by atoms with E-state index >= 15 is 0 Å². The Balaban J connectivity index is 2.06. The van der Waals surface area contributed by atoms with E-state index in [4.69, 9.17) is 4.74 Å². The van der Waals surface area contributed by atoms with Gasteiger partial charge in [0, 0.05) is 20.5 Å². The number of hydrogen-bond donors (Lipinski definition) is 1. The van der Waals surface area contributed by atoms with Crippen LogP contribution in [0.2, 0.25) is 0 Å². The molecule has 1 atom stereocenters. The number of rotatable bonds is 8. The quantitative estimate of drug-likeness (QED) is 0.664. The number of nitrogens with one attached hydrogen (secondary N) is 1. The zero-order chi connectivity index (χ0) is 23.4. The molecule has 0 heterocycles. The molecule has 0 aliphatic heterocycles. The minimum absolute atomic E-state index is 0.0820. The van der Waals surface area contributed by atoms with Crippen LogP contribution in [0.3, 0.4) is 0 Å². The first-order chi connectivity index (χ1) is 14.4. The van der Waals surface area contributed by atoms with Gasteiger partial charge in [0.15, 0.2) is 0 Å². The summed E-state index contributed by atoms with van der Waals surface area (Å²) in [5, 5.41) is 3.02. The van der Waals surface area contributed by atoms with Crippen molar-refractivity contribution in [2.24, 2.45) is 0 Å². The van der Waals surface area contributed by atoms with E-state index in [0.29, 0.717) is 17.7 Å². The third kappa shape index (κ3) is 6.31. The van der Waals surface area contributed by atoms with Crippen molar-refractivity contribution < 1.29 is 17.9 Å². The van der Waals surface area contributed by atoms with Gasteiger partial charge in [-0.1, -0.05) is 45.0 Å². The second kappa shape index (κ2) is 9.83. The van der Waals surface area contributed by atoms with Gasteiger partial charge in [-0.2, -0.15) is 0 Å². The highest BCUT2D eigenvalue weighted by atomic mass is 32.2. The van der Waals surface area contributed by atoms with E-state index in [-0.39, 0.29) is 28.7 Å². The largest absolute Gasteiger partial charge is 0.496 e. The molecule has 0 aliphatic rings. The van der Waals surface area contributed by atoms with E-state index in [2.05, 4.69) is 38.2 Å². The Morgan fingerprint density at radius 1 is 1.10 bits per heavy atom. The summed E-state index contributed by atoms with van der Waals surface area (Å²) in [5.74, 6) is 0.464. The number of aryl methyl sites for hydroxylation is 1. The maximum Gasteiger partial charge on any atom is 0.242 e. The van der Waals surface area contributed by atoms with Gasteiger partial charge in [-0.05, 0) is 53.6 Å². The molecule has 0 saturated carbocycles. The van der Waals surface area contributed by atoms with Crippen LogP contribution in [0.5, 0.6) is 5.75 Å². The summed E-state index contributed by atoms with van der Waals surface area (Å²) >= 11 is 0. The van der Waals surface area contributed by atoms with E-state index in [0.717, 1.165) is 9.87 Å². The summed E-state index contributed by atoms with van der Waals surface area (Å²) in [6.07, 6.45) is 0.605. The molecule has 7 heteroatoms. The predicted molar refractivity (Wildman–Crippen MR) is 124 cm³/mol. The molecular formula is C24H34N2O4S. The molecular weight excluding hydrogens is 412 g/mol. The molecule has 0 fully saturated rings. The molecule has 0 aromatic heterocycles. The Bertz CT molecular complexity index is 1010. The van der Waals surface area contributed by atoms with Crippen LogP contribution in [0.4, 0.5) is 0 Å². The van der Waals surface area contributed by atoms with Crippen molar-refractivity contribution in [1.29, 1.82) is 0 Å². The molecule has 2 aromatic rings. The summed E-state index contributed by atoms with van der Waals surface area (Å²) < 4.78 is 31.4. The van der Waals surface area contributed by atoms with Crippen molar-refractivity contribution in [3.8, 4) is 5.75 Å². The van der Waals surface area contributed by atoms with Gasteiger partial charge in [0.1, 0.15) is 5.75 Å². The predicted octanol–water partition coefficient (Wildman–Crippen LogP) is 4.05. The number of sulfonamides is 1. The second-order valence-corrected chi connectivity index (χ2v) is 11.1. The smallest absolute Gasteiger partial charge is 0.242 e. The topological polar surface area (TPSA) is 75.7 Å². The molecule has 0 spiro atoms. The zero-order valence-electron chi connectivity index (χ0n) is 19.5. The number of hydrogen-bond acceptors (Lipinski definition) is 4. The molecule has 170 valence electrons. The zero-order valence-corrected chi connectivity index (χ0v) is 20.3. The first-order valence-electron chi connectivity index (χ1n) is 10.4. The van der Waals surface area contributed by atoms with Gasteiger partial charge < -0.3 is 10.1 Å². The van der Waals surface area contributed by atoms with E-state index < -0.39 is 10.0 Å². The first-order valence-corrected chi connectivity index (χ1v) is 11.8. The van der Waals surface area contributed by atoms with Crippen molar-refractivity contribution in [2.45, 2.75) is 56.9 Å². The lowest BCUT2D eigenvalue weighted by Crippen LogP contribution is -2.27. The number of ether oxygens (including phenoxy) is 1. The van der Waals surface area contributed by atoms with Crippen LogP contribution in [0.25, 0.3) is 0 Å². The van der Waals surface area contributed by atoms with Gasteiger partial charge in [-0.3, -0.25) is 4.79 Å². The molecule has 1 amide bonds. The highest BCUT2D eigenvalue weighted by Gasteiger charge is 2.20. The minimum atomic E-state index is -3.55. The van der Waals surface area contributed by atoms with Gasteiger partial charge in [0.25, 0.3) is 0 Å². The van der Waals surface area contributed by atoms with Crippen LogP contribution < -0.4 is 10.1 Å². The maximum atomic E-state index is 12.5. The fourth-order valence-electron chi connectivity index (χ4n) is 3.24. The first kappa shape index (κ1) is 24.9. The van der Waals surface area contributed by atoms with Crippen LogP contribution >= 0.6 is 0 Å². The van der Waals surface area contributed by atoms with Crippen molar-refractivity contribution in [3.63, 3.8) is 0 Å². The molecule has 2 aromatic carbocycles. The molecule has 0 unspecified atom stereocenters. The molecule has 0 aliphatic carbocycles. The van der Waals surface area contributed by atoms with E-state index in [1.54, 1.807) is 12.1 Å². The highest BCUT2D eigenvalue weighted by molar-refractivity contribution is 7.89. The van der Waals surface area contributed by atoms with Gasteiger partial charge in [0.2, 0.25) is 15.9 Å². The van der Waals surface area contributed by atoms with Crippen molar-refractivity contribution >= 4 is 15.9 Å². The van der Waals surface area contributed by atoms with Crippen molar-refractivity contribution in [3.05, 3.63) is 59.2 Å². The number of nitrogens with zero attached hydrogens (tertiary/aromatic N) is 1. The summed E-state index contributed by atoms with van der Waals surface area (Å²) in [7, 11) is 0.952. The van der Waals surface area contributed by atoms with Crippen molar-refractivity contribution in [2.75, 3.05) is 21.2 Å². The number of carbonyl (C=O) groups is 1. The fraction of sp³-hybridized carbons (Fsp3) is 0.458. The van der Waals surface area contributed by atoms with E-state index in [1.807, 2.05) is 19.1 Å². The summed E-state index contributed by atoms with van der Waals surface area (Å²) in [6.45, 7) is 8.45. The average molecular weight is 447 g/mol. The lowest BCUT2D eigenvalue weighted by molar-refractivity contribution is -0.121. The molecule has 2 rings (SSSR count). The normalized spacial score (nSPS) is 13.2. The Kier molecular flexibility index (Phi) is 7.89. The van der Waals surface area contributed by atoms with E-state index in [1.165, 1.54) is 32.8 Å². The summed E-state index contributed by atoms with van der Waals surface area (Å²) in [6, 6.07) is 12.9. The van der Waals surface area contributed by atoms with Gasteiger partial charge in [-0.25, -0.2) is 12.7 Å². The standard InChI is InChI=1S/C24H34N2O4S/c1-17(18-8-11-20(12-9-18)24(2,3)4)25-23(27)15-10-19-16-21(13-14-22(19)30-7)31(28,29)26(5)6/h8-9,11-14,16-17H,10,15H2,1-7H3,(H,25,27)/t17-/m0/s1. The average Bonchev–Trinajstić information content (AvgIpc) is 2.71. The molecule has 0 bridgehead atoms. The van der Waals surface area contributed by atoms with E-state index in [9.17, 15) is 13.2 Å². The molecule has 6 nitrogen and oxygen atoms in total. The molecule has 0 saturated heterocycles. The number of methoxy groups -OCH3 is 1. The third-order valence-corrected chi connectivity index (χ3v) is 7.12. The fourth-order valence-corrected chi connectivity index (χ4v) is 4.19. The number of benzene rings is 2. The number of carbonyl (C=O) groups excluding carboxylic acids is 1. The summed E-state index contributed by atoms with van der Waals surface area (Å²) in [5.41, 5.74) is 3.05. The highest BCUT2D eigenvalue weighted by Crippen LogP contribution is 2.26. The minimum Gasteiger partial charge on any atom is -0.496 e. The summed E-state index contributed by atoms with van der Waals surface area (Å²) in [4.78, 5) is 12.7. The Hall–Kier alpha value is -2.38. The van der Waals surface area contributed by atoms with Gasteiger partial charge in [0.05, 0.1) is 18.0 Å². The molecule has 1 N–H and O–H groups in total. The van der Waals surface area contributed by atoms with Crippen LogP contribution in [-0.4, -0.2) is 39.8 Å². The lowest BCUT2D eigenvalue weighted by atomic mass is 9.86. The Morgan fingerprint density at radius 3 is 2.23 bits per heavy atom. The molecule has 0 radical (unpaired) electrons. The Labute approximate surface area is 186 Å². The second-order valence-electron chi connectivity index (χ2n) is 8.92. The van der Waals surface area contributed by atoms with Gasteiger partial charge >= 0.3 is 0 Å². The lowest BCUT2D eigenvalue weighted by Gasteiger charge is -2.21. The third-order valence-electron chi connectivity index (χ3n) is 5.31. The monoisotopic (exact) mass is 446 g/mol. The van der Waals surface area contributed by atoms with Gasteiger partial charge in [-0.15, -0.1) is 0 Å². The molecule has 31 heavy (non-hydrogen) atoms. The maximum absolute atomic E-state index is 12.5. The van der Waals surface area contributed by atoms with Crippen molar-refractivity contribution in [1.82, 2.24) is 9.62 Å². The Morgan fingerprint density at radius 2 is 1.71 bits per heavy atom. The van der Waals surface area contributed by atoms with Crippen LogP contribution in [0.1, 0.15) is 56.8 Å². The van der Waals surface area contributed by atoms with Crippen LogP contribution in [0, 0.1) is 0 Å². The number of amides is 1.